The summed E-state index contributed by atoms with van der Waals surface area (Å²) in [6.07, 6.45) is -1.77. The van der Waals surface area contributed by atoms with E-state index in [0.29, 0.717) is 17.8 Å². The average Bonchev–Trinajstić information content (AvgIpc) is 2.94. The summed E-state index contributed by atoms with van der Waals surface area (Å²) < 4.78 is 38.4. The van der Waals surface area contributed by atoms with Gasteiger partial charge in [-0.05, 0) is 65.8 Å². The molecule has 8 heteroatoms. The standard InChI is InChI=1S/C31H31F3N4O/c1-35-28-10-4-23(5-11-28)20-38-15-12-24-6-7-25(18-26(24)21-38)30(39)36-29-13-16-37(17-14-29)19-22-2-8-27(9-3-22)31(32,33)34/h2-11,18,29H,12-17,19-21H2,(H,36,39). The molecule has 202 valence electrons. The third-order valence-corrected chi connectivity index (χ3v) is 7.64. The monoisotopic (exact) mass is 532 g/mol. The van der Waals surface area contributed by atoms with Crippen LogP contribution in [0.2, 0.25) is 0 Å². The number of carbonyl (C=O) groups excluding carboxylic acids is 1. The van der Waals surface area contributed by atoms with Crippen LogP contribution in [0.4, 0.5) is 18.9 Å². The van der Waals surface area contributed by atoms with E-state index < -0.39 is 11.7 Å². The third-order valence-electron chi connectivity index (χ3n) is 7.64. The Balaban J connectivity index is 1.12. The number of nitrogens with one attached hydrogen (secondary N) is 1. The molecule has 0 radical (unpaired) electrons. The Morgan fingerprint density at radius 2 is 1.51 bits per heavy atom. The molecule has 1 amide bonds. The molecule has 0 aromatic heterocycles. The first kappa shape index (κ1) is 26.9. The quantitative estimate of drug-likeness (QED) is 0.384. The topological polar surface area (TPSA) is 39.9 Å². The third kappa shape index (κ3) is 6.86. The molecule has 39 heavy (non-hydrogen) atoms. The molecule has 2 aliphatic heterocycles. The van der Waals surface area contributed by atoms with Crippen molar-refractivity contribution in [3.63, 3.8) is 0 Å². The van der Waals surface area contributed by atoms with Crippen molar-refractivity contribution in [1.82, 2.24) is 15.1 Å². The SMILES string of the molecule is [C-]#[N+]c1ccc(CN2CCc3ccc(C(=O)NC4CCN(Cc5ccc(C(F)(F)F)cc5)CC4)cc3C2)cc1. The van der Waals surface area contributed by atoms with Crippen LogP contribution in [0.15, 0.2) is 66.7 Å². The first-order chi connectivity index (χ1) is 18.8. The predicted octanol–water partition coefficient (Wildman–Crippen LogP) is 6.21. The molecule has 1 N–H and O–H groups in total. The summed E-state index contributed by atoms with van der Waals surface area (Å²) in [7, 11) is 0. The number of alkyl halides is 3. The summed E-state index contributed by atoms with van der Waals surface area (Å²) in [5.74, 6) is -0.0640. The van der Waals surface area contributed by atoms with E-state index in [9.17, 15) is 18.0 Å². The molecule has 1 fully saturated rings. The van der Waals surface area contributed by atoms with E-state index in [1.807, 2.05) is 36.4 Å². The van der Waals surface area contributed by atoms with E-state index in [-0.39, 0.29) is 11.9 Å². The van der Waals surface area contributed by atoms with Crippen molar-refractivity contribution in [2.75, 3.05) is 19.6 Å². The lowest BCUT2D eigenvalue weighted by Crippen LogP contribution is -2.44. The van der Waals surface area contributed by atoms with Crippen LogP contribution < -0.4 is 5.32 Å². The number of hydrogen-bond acceptors (Lipinski definition) is 3. The highest BCUT2D eigenvalue weighted by atomic mass is 19.4. The summed E-state index contributed by atoms with van der Waals surface area (Å²) in [4.78, 5) is 21.1. The largest absolute Gasteiger partial charge is 0.416 e. The van der Waals surface area contributed by atoms with Crippen molar-refractivity contribution >= 4 is 11.6 Å². The highest BCUT2D eigenvalue weighted by Crippen LogP contribution is 2.29. The van der Waals surface area contributed by atoms with Gasteiger partial charge < -0.3 is 5.32 Å². The Kier molecular flexibility index (Phi) is 8.01. The van der Waals surface area contributed by atoms with Crippen molar-refractivity contribution in [2.45, 2.75) is 51.1 Å². The number of nitrogens with zero attached hydrogens (tertiary/aromatic N) is 3. The van der Waals surface area contributed by atoms with Crippen LogP contribution in [0.1, 0.15) is 51.0 Å². The molecule has 0 saturated carbocycles. The lowest BCUT2D eigenvalue weighted by Gasteiger charge is -2.32. The van der Waals surface area contributed by atoms with E-state index >= 15 is 0 Å². The Morgan fingerprint density at radius 1 is 0.872 bits per heavy atom. The molecule has 0 aliphatic carbocycles. The Hall–Kier alpha value is -3.67. The molecule has 5 rings (SSSR count). The molecule has 0 atom stereocenters. The normalized spacial score (nSPS) is 16.9. The second-order valence-electron chi connectivity index (χ2n) is 10.4. The number of amides is 1. The van der Waals surface area contributed by atoms with Gasteiger partial charge in [-0.2, -0.15) is 13.2 Å². The Morgan fingerprint density at radius 3 is 2.15 bits per heavy atom. The van der Waals surface area contributed by atoms with Crippen LogP contribution >= 0.6 is 0 Å². The Labute approximate surface area is 227 Å². The summed E-state index contributed by atoms with van der Waals surface area (Å²) in [5, 5.41) is 3.18. The first-order valence-corrected chi connectivity index (χ1v) is 13.3. The van der Waals surface area contributed by atoms with Gasteiger partial charge in [0.25, 0.3) is 5.91 Å². The minimum Gasteiger partial charge on any atom is -0.349 e. The van der Waals surface area contributed by atoms with Gasteiger partial charge in [0, 0.05) is 50.9 Å². The van der Waals surface area contributed by atoms with Crippen molar-refractivity contribution < 1.29 is 18.0 Å². The zero-order valence-corrected chi connectivity index (χ0v) is 21.7. The molecular weight excluding hydrogens is 501 g/mol. The van der Waals surface area contributed by atoms with Crippen LogP contribution in [0.25, 0.3) is 4.85 Å². The highest BCUT2D eigenvalue weighted by Gasteiger charge is 2.30. The van der Waals surface area contributed by atoms with Gasteiger partial charge in [-0.15, -0.1) is 0 Å². The molecule has 1 saturated heterocycles. The number of halogens is 3. The van der Waals surface area contributed by atoms with E-state index in [2.05, 4.69) is 26.0 Å². The molecule has 2 heterocycles. The van der Waals surface area contributed by atoms with Gasteiger partial charge in [0.1, 0.15) is 0 Å². The Bertz CT molecular complexity index is 1340. The molecule has 3 aromatic carbocycles. The van der Waals surface area contributed by atoms with Crippen molar-refractivity contribution in [1.29, 1.82) is 0 Å². The number of piperidine rings is 1. The highest BCUT2D eigenvalue weighted by molar-refractivity contribution is 5.94. The first-order valence-electron chi connectivity index (χ1n) is 13.3. The van der Waals surface area contributed by atoms with E-state index in [1.165, 1.54) is 16.7 Å². The van der Waals surface area contributed by atoms with Crippen LogP contribution in [-0.4, -0.2) is 41.4 Å². The van der Waals surface area contributed by atoms with Crippen LogP contribution in [0.3, 0.4) is 0 Å². The van der Waals surface area contributed by atoms with E-state index in [4.69, 9.17) is 6.57 Å². The summed E-state index contributed by atoms with van der Waals surface area (Å²) in [5.41, 5.74) is 5.17. The maximum atomic E-state index is 13.1. The smallest absolute Gasteiger partial charge is 0.349 e. The van der Waals surface area contributed by atoms with E-state index in [1.54, 1.807) is 12.1 Å². The molecule has 0 bridgehead atoms. The summed E-state index contributed by atoms with van der Waals surface area (Å²) in [6, 6.07) is 19.1. The van der Waals surface area contributed by atoms with Crippen molar-refractivity contribution in [2.24, 2.45) is 0 Å². The fraction of sp³-hybridized carbons (Fsp3) is 0.355. The maximum absolute atomic E-state index is 13.1. The van der Waals surface area contributed by atoms with Crippen LogP contribution in [0.5, 0.6) is 0 Å². The lowest BCUT2D eigenvalue weighted by molar-refractivity contribution is -0.137. The fourth-order valence-electron chi connectivity index (χ4n) is 5.39. The zero-order valence-electron chi connectivity index (χ0n) is 21.7. The van der Waals surface area contributed by atoms with Gasteiger partial charge in [-0.3, -0.25) is 14.6 Å². The number of benzene rings is 3. The number of likely N-dealkylation sites (tertiary alicyclic amines) is 1. The number of carbonyl (C=O) groups is 1. The van der Waals surface area contributed by atoms with Gasteiger partial charge in [0.05, 0.1) is 12.1 Å². The molecular formula is C31H31F3N4O. The van der Waals surface area contributed by atoms with Gasteiger partial charge in [-0.1, -0.05) is 42.5 Å². The minimum atomic E-state index is -4.32. The van der Waals surface area contributed by atoms with Gasteiger partial charge in [-0.25, -0.2) is 4.85 Å². The second-order valence-corrected chi connectivity index (χ2v) is 10.4. The summed E-state index contributed by atoms with van der Waals surface area (Å²) in [6.45, 7) is 11.8. The fourth-order valence-corrected chi connectivity index (χ4v) is 5.39. The molecule has 0 spiro atoms. The van der Waals surface area contributed by atoms with E-state index in [0.717, 1.165) is 69.7 Å². The lowest BCUT2D eigenvalue weighted by atomic mass is 9.96. The predicted molar refractivity (Wildman–Crippen MR) is 144 cm³/mol. The molecule has 2 aliphatic rings. The van der Waals surface area contributed by atoms with Gasteiger partial charge in [0.2, 0.25) is 0 Å². The molecule has 0 unspecified atom stereocenters. The zero-order chi connectivity index (χ0) is 27.4. The minimum absolute atomic E-state index is 0.0640. The number of hydrogen-bond donors (Lipinski definition) is 1. The maximum Gasteiger partial charge on any atom is 0.416 e. The second kappa shape index (κ2) is 11.6. The van der Waals surface area contributed by atoms with Crippen molar-refractivity contribution in [3.8, 4) is 0 Å². The number of rotatable bonds is 6. The van der Waals surface area contributed by atoms with Crippen LogP contribution in [0, 0.1) is 6.57 Å². The van der Waals surface area contributed by atoms with Crippen LogP contribution in [-0.2, 0) is 32.2 Å². The number of fused-ring (bicyclic) bond motifs is 1. The molecule has 5 nitrogen and oxygen atoms in total. The molecule has 3 aromatic rings. The summed E-state index contributed by atoms with van der Waals surface area (Å²) >= 11 is 0. The van der Waals surface area contributed by atoms with Gasteiger partial charge >= 0.3 is 6.18 Å². The average molecular weight is 533 g/mol. The van der Waals surface area contributed by atoms with Crippen molar-refractivity contribution in [3.05, 3.63) is 112 Å². The van der Waals surface area contributed by atoms with Gasteiger partial charge in [0.15, 0.2) is 5.69 Å².